The molecule has 3 nitrogen and oxygen atoms in total. The monoisotopic (exact) mass is 104 g/mol. The van der Waals surface area contributed by atoms with Gasteiger partial charge in [0.25, 0.3) is 0 Å². The zero-order valence-corrected chi connectivity index (χ0v) is 3.96. The van der Waals surface area contributed by atoms with Gasteiger partial charge in [-0.1, -0.05) is 19.3 Å². The summed E-state index contributed by atoms with van der Waals surface area (Å²) < 4.78 is 0. The molecule has 1 fully saturated rings. The van der Waals surface area contributed by atoms with Crippen LogP contribution in [0, 0.1) is 0 Å². The van der Waals surface area contributed by atoms with Crippen molar-refractivity contribution in [3.8, 4) is 0 Å². The molecule has 1 saturated carbocycles. The maximum atomic E-state index is 8.70. The third kappa shape index (κ3) is 31.2. The van der Waals surface area contributed by atoms with Crippen LogP contribution in [0.3, 0.4) is 0 Å². The van der Waals surface area contributed by atoms with Crippen molar-refractivity contribution in [2.24, 2.45) is 0 Å². The van der Waals surface area contributed by atoms with Crippen molar-refractivity contribution >= 4 is 6.47 Å². The quantitative estimate of drug-likeness (QED) is 0.304. The van der Waals surface area contributed by atoms with Crippen LogP contribution in [0.25, 0.3) is 0 Å². The van der Waals surface area contributed by atoms with Crippen molar-refractivity contribution in [1.29, 1.82) is 0 Å². The number of carbonyl (C=O) groups is 1. The molecule has 0 amide bonds. The molecule has 1 rings (SSSR count). The fourth-order valence-corrected chi connectivity index (χ4v) is 0. The summed E-state index contributed by atoms with van der Waals surface area (Å²) in [6.45, 7) is -0.0694. The fraction of sp³-hybridized carbons (Fsp3) is 0.750. The second kappa shape index (κ2) is 5.43. The number of hydrogen-bond acceptors (Lipinski definition) is 3. The SMILES string of the molecule is C1CC1.O=COO. The van der Waals surface area contributed by atoms with E-state index in [9.17, 15) is 0 Å². The normalized spacial score (nSPS) is 13.3. The third-order valence-electron chi connectivity index (χ3n) is 0.397. The van der Waals surface area contributed by atoms with Crippen molar-refractivity contribution in [3.05, 3.63) is 0 Å². The molecule has 1 aliphatic rings. The van der Waals surface area contributed by atoms with Crippen LogP contribution < -0.4 is 0 Å². The summed E-state index contributed by atoms with van der Waals surface area (Å²) in [5, 5.41) is 7.01. The van der Waals surface area contributed by atoms with Crippen molar-refractivity contribution in [2.75, 3.05) is 0 Å². The first-order chi connectivity index (χ1) is 3.41. The minimum atomic E-state index is -0.0694. The van der Waals surface area contributed by atoms with Crippen molar-refractivity contribution in [3.63, 3.8) is 0 Å². The molecule has 3 heteroatoms. The highest BCUT2D eigenvalue weighted by Crippen LogP contribution is 2.14. The van der Waals surface area contributed by atoms with Crippen LogP contribution in [0.2, 0.25) is 0 Å². The van der Waals surface area contributed by atoms with Gasteiger partial charge in [-0.25, -0.2) is 5.26 Å². The van der Waals surface area contributed by atoms with E-state index < -0.39 is 0 Å². The Balaban J connectivity index is 0.000000105. The lowest BCUT2D eigenvalue weighted by molar-refractivity contribution is -0.217. The van der Waals surface area contributed by atoms with Crippen molar-refractivity contribution in [1.82, 2.24) is 0 Å². The summed E-state index contributed by atoms with van der Waals surface area (Å²) in [5.41, 5.74) is 0. The van der Waals surface area contributed by atoms with Gasteiger partial charge in [0.15, 0.2) is 0 Å². The lowest BCUT2D eigenvalue weighted by Crippen LogP contribution is -1.69. The molecule has 0 aromatic carbocycles. The minimum absolute atomic E-state index is 0.0694. The average Bonchev–Trinajstić information content (AvgIpc) is 2.47. The lowest BCUT2D eigenvalue weighted by atomic mass is 11.0. The summed E-state index contributed by atoms with van der Waals surface area (Å²) >= 11 is 0. The van der Waals surface area contributed by atoms with E-state index in [2.05, 4.69) is 4.89 Å². The molecule has 0 aromatic heterocycles. The van der Waals surface area contributed by atoms with Gasteiger partial charge in [0.1, 0.15) is 0 Å². The Morgan fingerprint density at radius 1 is 1.43 bits per heavy atom. The Morgan fingerprint density at radius 2 is 1.71 bits per heavy atom. The molecule has 0 heterocycles. The van der Waals surface area contributed by atoms with Crippen LogP contribution in [-0.2, 0) is 9.68 Å². The van der Waals surface area contributed by atoms with Gasteiger partial charge in [0.2, 0.25) is 0 Å². The molecule has 0 aliphatic heterocycles. The lowest BCUT2D eigenvalue weighted by Gasteiger charge is -1.63. The third-order valence-corrected chi connectivity index (χ3v) is 0.397. The standard InChI is InChI=1S/C3H6.CH2O3/c1-2-3-1;2-1-4-3/h1-3H2;1,3H. The molecular weight excluding hydrogens is 96.0 g/mol. The van der Waals surface area contributed by atoms with Crippen LogP contribution in [0.4, 0.5) is 0 Å². The van der Waals surface area contributed by atoms with Gasteiger partial charge in [-0.3, -0.25) is 4.79 Å². The highest BCUT2D eigenvalue weighted by molar-refractivity contribution is 5.35. The maximum Gasteiger partial charge on any atom is 0.330 e. The predicted octanol–water partition coefficient (Wildman–Crippen LogP) is 0.803. The van der Waals surface area contributed by atoms with Gasteiger partial charge in [0.05, 0.1) is 0 Å². The molecule has 42 valence electrons. The fourth-order valence-electron chi connectivity index (χ4n) is 0. The zero-order valence-electron chi connectivity index (χ0n) is 3.96. The maximum absolute atomic E-state index is 8.70. The number of hydrogen-bond donors (Lipinski definition) is 1. The molecule has 0 spiro atoms. The number of carbonyl (C=O) groups excluding carboxylic acids is 1. The van der Waals surface area contributed by atoms with Crippen molar-refractivity contribution < 1.29 is 14.9 Å². The van der Waals surface area contributed by atoms with Crippen LogP contribution in [0.5, 0.6) is 0 Å². The molecule has 0 aromatic rings. The molecular formula is C4H8O3. The van der Waals surface area contributed by atoms with Gasteiger partial charge >= 0.3 is 6.47 Å². The van der Waals surface area contributed by atoms with E-state index in [1.54, 1.807) is 0 Å². The highest BCUT2D eigenvalue weighted by Gasteiger charge is 1.95. The van der Waals surface area contributed by atoms with Gasteiger partial charge in [-0.2, -0.15) is 0 Å². The first-order valence-corrected chi connectivity index (χ1v) is 2.15. The summed E-state index contributed by atoms with van der Waals surface area (Å²) in [4.78, 5) is 11.6. The first kappa shape index (κ1) is 6.43. The van der Waals surface area contributed by atoms with Crippen molar-refractivity contribution in [2.45, 2.75) is 19.3 Å². The summed E-state index contributed by atoms with van der Waals surface area (Å²) in [6, 6.07) is 0. The Kier molecular flexibility index (Phi) is 4.99. The topological polar surface area (TPSA) is 46.5 Å². The van der Waals surface area contributed by atoms with E-state index in [0.717, 1.165) is 0 Å². The van der Waals surface area contributed by atoms with E-state index in [1.165, 1.54) is 19.3 Å². The van der Waals surface area contributed by atoms with Gasteiger partial charge in [0, 0.05) is 0 Å². The molecule has 0 radical (unpaired) electrons. The Morgan fingerprint density at radius 3 is 1.71 bits per heavy atom. The zero-order chi connectivity index (χ0) is 5.54. The first-order valence-electron chi connectivity index (χ1n) is 2.15. The van der Waals surface area contributed by atoms with Gasteiger partial charge in [-0.05, 0) is 0 Å². The molecule has 0 saturated heterocycles. The summed E-state index contributed by atoms with van der Waals surface area (Å²) in [7, 11) is 0. The molecule has 1 N–H and O–H groups in total. The predicted molar refractivity (Wildman–Crippen MR) is 23.6 cm³/mol. The Bertz CT molecular complexity index is 39.4. The largest absolute Gasteiger partial charge is 0.330 e. The summed E-state index contributed by atoms with van der Waals surface area (Å²) in [5.74, 6) is 0. The Labute approximate surface area is 41.8 Å². The van der Waals surface area contributed by atoms with Crippen LogP contribution in [-0.4, -0.2) is 11.7 Å². The molecule has 0 unspecified atom stereocenters. The molecule has 0 atom stereocenters. The molecule has 1 aliphatic carbocycles. The second-order valence-electron chi connectivity index (χ2n) is 1.26. The number of rotatable bonds is 1. The molecule has 7 heavy (non-hydrogen) atoms. The van der Waals surface area contributed by atoms with Gasteiger partial charge in [-0.15, -0.1) is 0 Å². The van der Waals surface area contributed by atoms with E-state index >= 15 is 0 Å². The van der Waals surface area contributed by atoms with Crippen LogP contribution in [0.15, 0.2) is 0 Å². The van der Waals surface area contributed by atoms with E-state index in [4.69, 9.17) is 10.1 Å². The minimum Gasteiger partial charge on any atom is -0.304 e. The van der Waals surface area contributed by atoms with E-state index in [0.29, 0.717) is 0 Å². The second-order valence-corrected chi connectivity index (χ2v) is 1.26. The highest BCUT2D eigenvalue weighted by atomic mass is 17.1. The average molecular weight is 104 g/mol. The van der Waals surface area contributed by atoms with E-state index in [-0.39, 0.29) is 6.47 Å². The smallest absolute Gasteiger partial charge is 0.304 e. The van der Waals surface area contributed by atoms with Crippen LogP contribution in [0.1, 0.15) is 19.3 Å². The molecule has 0 bridgehead atoms. The van der Waals surface area contributed by atoms with E-state index in [1.807, 2.05) is 0 Å². The van der Waals surface area contributed by atoms with Crippen LogP contribution >= 0.6 is 0 Å². The summed E-state index contributed by atoms with van der Waals surface area (Å²) in [6.07, 6.45) is 4.50. The Hall–Kier alpha value is -0.570. The van der Waals surface area contributed by atoms with Gasteiger partial charge < -0.3 is 4.89 Å².